The Morgan fingerprint density at radius 1 is 0.881 bits per heavy atom. The molecule has 17 heteroatoms. The maximum Gasteiger partial charge on any atom is 0.327 e. The van der Waals surface area contributed by atoms with E-state index in [0.717, 1.165) is 0 Å². The van der Waals surface area contributed by atoms with E-state index < -0.39 is 72.7 Å². The van der Waals surface area contributed by atoms with Gasteiger partial charge in [0.05, 0.1) is 19.0 Å². The number of aliphatic imine (C=N–C) groups is 1. The first-order valence-electron chi connectivity index (χ1n) is 13.4. The van der Waals surface area contributed by atoms with Crippen molar-refractivity contribution in [2.24, 2.45) is 28.1 Å². The molecule has 0 aliphatic carbocycles. The van der Waals surface area contributed by atoms with Crippen molar-refractivity contribution in [3.63, 3.8) is 0 Å². The zero-order valence-electron chi connectivity index (χ0n) is 24.8. The van der Waals surface area contributed by atoms with E-state index in [9.17, 15) is 39.0 Å². The van der Waals surface area contributed by atoms with Crippen LogP contribution in [0.25, 0.3) is 0 Å². The third kappa shape index (κ3) is 18.0. The lowest BCUT2D eigenvalue weighted by Gasteiger charge is -2.26. The Bertz CT molecular complexity index is 982. The summed E-state index contributed by atoms with van der Waals surface area (Å²) in [4.78, 5) is 77.5. The maximum atomic E-state index is 13.0. The molecule has 0 fully saturated rings. The number of aliphatic carboxylic acids is 2. The smallest absolute Gasteiger partial charge is 0.327 e. The van der Waals surface area contributed by atoms with Crippen LogP contribution in [0.3, 0.4) is 0 Å². The molecule has 0 aromatic heterocycles. The molecule has 0 radical (unpaired) electrons. The molecule has 0 aliphatic heterocycles. The quantitative estimate of drug-likeness (QED) is 0.0435. The zero-order chi connectivity index (χ0) is 32.6. The Labute approximate surface area is 249 Å². The van der Waals surface area contributed by atoms with Crippen molar-refractivity contribution in [2.75, 3.05) is 18.8 Å². The van der Waals surface area contributed by atoms with Crippen LogP contribution in [0.4, 0.5) is 0 Å². The summed E-state index contributed by atoms with van der Waals surface area (Å²) >= 11 is 1.34. The summed E-state index contributed by atoms with van der Waals surface area (Å²) in [5, 5.41) is 28.3. The van der Waals surface area contributed by atoms with Gasteiger partial charge in [-0.2, -0.15) is 11.8 Å². The van der Waals surface area contributed by atoms with Crippen molar-refractivity contribution in [3.8, 4) is 0 Å². The standard InChI is InChI=1S/C25H46N8O8S/c1-13(2)9-15(21(38)33-17(23(40)41)12-42-25(3,4)5)32-22(39)16(10-19(35)36)31-18(34)11-30-20(37)14(26)7-6-8-29-24(27)28/h13-17H,6-12,26H2,1-5H3,(H,30,37)(H,31,34)(H,32,39)(H,33,38)(H,35,36)(H,40,41)(H4,27,28,29)/t14-,15-,16-,17-/m0/s1. The highest BCUT2D eigenvalue weighted by Crippen LogP contribution is 2.23. The third-order valence-corrected chi connectivity index (χ3v) is 6.76. The van der Waals surface area contributed by atoms with E-state index in [1.54, 1.807) is 13.8 Å². The highest BCUT2D eigenvalue weighted by molar-refractivity contribution is 8.00. The second kappa shape index (κ2) is 18.8. The zero-order valence-corrected chi connectivity index (χ0v) is 25.6. The fourth-order valence-electron chi connectivity index (χ4n) is 3.33. The number of carboxylic acids is 2. The highest BCUT2D eigenvalue weighted by atomic mass is 32.2. The third-order valence-electron chi connectivity index (χ3n) is 5.40. The SMILES string of the molecule is CC(C)C[C@H](NC(=O)[C@H](CC(=O)O)NC(=O)CNC(=O)[C@@H](N)CCCN=C(N)N)C(=O)N[C@@H](CSC(C)(C)C)C(=O)O. The molecule has 16 nitrogen and oxygen atoms in total. The van der Waals surface area contributed by atoms with Gasteiger partial charge in [0.15, 0.2) is 5.96 Å². The second-order valence-electron chi connectivity index (χ2n) is 11.0. The van der Waals surface area contributed by atoms with Crippen LogP contribution in [-0.4, -0.2) is 99.5 Å². The van der Waals surface area contributed by atoms with Crippen LogP contribution in [0.15, 0.2) is 4.99 Å². The lowest BCUT2D eigenvalue weighted by atomic mass is 10.0. The first kappa shape index (κ1) is 38.4. The Balaban J connectivity index is 5.34. The van der Waals surface area contributed by atoms with E-state index in [-0.39, 0.29) is 41.8 Å². The molecule has 240 valence electrons. The highest BCUT2D eigenvalue weighted by Gasteiger charge is 2.31. The predicted octanol–water partition coefficient (Wildman–Crippen LogP) is -1.92. The lowest BCUT2D eigenvalue weighted by Crippen LogP contribution is -2.57. The normalized spacial score (nSPS) is 14.1. The Morgan fingerprint density at radius 3 is 1.95 bits per heavy atom. The minimum absolute atomic E-state index is 0.0796. The summed E-state index contributed by atoms with van der Waals surface area (Å²) in [6, 6.07) is -4.99. The van der Waals surface area contributed by atoms with Crippen molar-refractivity contribution in [3.05, 3.63) is 0 Å². The van der Waals surface area contributed by atoms with Gasteiger partial charge in [-0.05, 0) is 25.2 Å². The van der Waals surface area contributed by atoms with Crippen molar-refractivity contribution in [1.29, 1.82) is 0 Å². The summed E-state index contributed by atoms with van der Waals surface area (Å²) in [6.45, 7) is 8.92. The minimum Gasteiger partial charge on any atom is -0.481 e. The molecule has 0 aromatic carbocycles. The van der Waals surface area contributed by atoms with Gasteiger partial charge in [0, 0.05) is 17.0 Å². The fraction of sp³-hybridized carbons (Fsp3) is 0.720. The van der Waals surface area contributed by atoms with Crippen molar-refractivity contribution >= 4 is 53.3 Å². The number of carboxylic acid groups (broad SMARTS) is 2. The first-order chi connectivity index (χ1) is 19.3. The number of guanidine groups is 1. The summed E-state index contributed by atoms with van der Waals surface area (Å²) in [5.41, 5.74) is 16.2. The van der Waals surface area contributed by atoms with Crippen LogP contribution in [-0.2, 0) is 28.8 Å². The number of nitrogens with zero attached hydrogens (tertiary/aromatic N) is 1. The number of rotatable bonds is 19. The van der Waals surface area contributed by atoms with Gasteiger partial charge >= 0.3 is 11.9 Å². The molecule has 4 amide bonds. The van der Waals surface area contributed by atoms with Gasteiger partial charge in [-0.3, -0.25) is 29.0 Å². The van der Waals surface area contributed by atoms with Crippen LogP contribution < -0.4 is 38.5 Å². The van der Waals surface area contributed by atoms with E-state index in [4.69, 9.17) is 17.2 Å². The molecule has 42 heavy (non-hydrogen) atoms. The van der Waals surface area contributed by atoms with Crippen LogP contribution >= 0.6 is 11.8 Å². The fourth-order valence-corrected chi connectivity index (χ4v) is 4.23. The summed E-state index contributed by atoms with van der Waals surface area (Å²) in [6.07, 6.45) is -0.0640. The molecular weight excluding hydrogens is 572 g/mol. The van der Waals surface area contributed by atoms with Gasteiger partial charge in [0.1, 0.15) is 18.1 Å². The van der Waals surface area contributed by atoms with Gasteiger partial charge in [0.25, 0.3) is 0 Å². The lowest BCUT2D eigenvalue weighted by molar-refractivity contribution is -0.143. The van der Waals surface area contributed by atoms with Crippen LogP contribution in [0.5, 0.6) is 0 Å². The van der Waals surface area contributed by atoms with E-state index in [1.807, 2.05) is 20.8 Å². The number of carbonyl (C=O) groups is 6. The predicted molar refractivity (Wildman–Crippen MR) is 158 cm³/mol. The molecule has 12 N–H and O–H groups in total. The molecule has 0 heterocycles. The number of nitrogens with one attached hydrogen (secondary N) is 4. The monoisotopic (exact) mass is 618 g/mol. The number of hydrogen-bond acceptors (Lipinski definition) is 9. The number of thioether (sulfide) groups is 1. The largest absolute Gasteiger partial charge is 0.481 e. The second-order valence-corrected chi connectivity index (χ2v) is 12.9. The summed E-state index contributed by atoms with van der Waals surface area (Å²) in [7, 11) is 0. The Hall–Kier alpha value is -3.60. The van der Waals surface area contributed by atoms with Gasteiger partial charge in [-0.25, -0.2) is 4.79 Å². The topological polar surface area (TPSA) is 281 Å². The molecule has 0 aliphatic rings. The van der Waals surface area contributed by atoms with Gasteiger partial charge in [-0.1, -0.05) is 34.6 Å². The molecule has 0 rings (SSSR count). The summed E-state index contributed by atoms with van der Waals surface area (Å²) in [5.74, 6) is -6.03. The molecule has 0 bridgehead atoms. The molecular formula is C25H46N8O8S. The number of nitrogens with two attached hydrogens (primary N) is 3. The van der Waals surface area contributed by atoms with Gasteiger partial charge in [-0.15, -0.1) is 0 Å². The van der Waals surface area contributed by atoms with E-state index >= 15 is 0 Å². The Kier molecular flexibility index (Phi) is 17.1. The van der Waals surface area contributed by atoms with Crippen LogP contribution in [0.2, 0.25) is 0 Å². The minimum atomic E-state index is -1.59. The average Bonchev–Trinajstić information content (AvgIpc) is 2.84. The Morgan fingerprint density at radius 2 is 1.45 bits per heavy atom. The van der Waals surface area contributed by atoms with Gasteiger partial charge in [0.2, 0.25) is 23.6 Å². The molecule has 4 atom stereocenters. The first-order valence-corrected chi connectivity index (χ1v) is 14.4. The van der Waals surface area contributed by atoms with Crippen molar-refractivity contribution < 1.29 is 39.0 Å². The van der Waals surface area contributed by atoms with Crippen LogP contribution in [0, 0.1) is 5.92 Å². The van der Waals surface area contributed by atoms with Crippen molar-refractivity contribution in [1.82, 2.24) is 21.3 Å². The molecule has 0 unspecified atom stereocenters. The molecule has 0 aromatic rings. The van der Waals surface area contributed by atoms with E-state index in [0.29, 0.717) is 6.42 Å². The number of amides is 4. The number of hydrogen-bond donors (Lipinski definition) is 9. The number of carbonyl (C=O) groups excluding carboxylic acids is 4. The maximum absolute atomic E-state index is 13.0. The van der Waals surface area contributed by atoms with E-state index in [2.05, 4.69) is 26.3 Å². The summed E-state index contributed by atoms with van der Waals surface area (Å²) < 4.78 is -0.259. The van der Waals surface area contributed by atoms with Crippen molar-refractivity contribution in [2.45, 2.75) is 89.2 Å². The van der Waals surface area contributed by atoms with E-state index in [1.165, 1.54) is 11.8 Å². The van der Waals surface area contributed by atoms with Gasteiger partial charge < -0.3 is 48.7 Å². The van der Waals surface area contributed by atoms with Crippen LogP contribution in [0.1, 0.15) is 60.3 Å². The average molecular weight is 619 g/mol. The molecule has 0 saturated carbocycles. The molecule has 0 saturated heterocycles. The molecule has 0 spiro atoms.